The molecule has 1 fully saturated rings. The number of amides is 1. The Hall–Kier alpha value is -4.45. The molecule has 41 heavy (non-hydrogen) atoms. The first-order valence-electron chi connectivity index (χ1n) is 12.2. The van der Waals surface area contributed by atoms with Crippen LogP contribution >= 0.6 is 7.60 Å². The highest BCUT2D eigenvalue weighted by Gasteiger charge is 2.46. The van der Waals surface area contributed by atoms with Crippen molar-refractivity contribution in [1.29, 1.82) is 5.41 Å². The van der Waals surface area contributed by atoms with Gasteiger partial charge in [0.1, 0.15) is 11.5 Å². The number of alkyl halides is 3. The second kappa shape index (κ2) is 13.8. The highest BCUT2D eigenvalue weighted by molar-refractivity contribution is 7.55. The van der Waals surface area contributed by atoms with Gasteiger partial charge in [-0.1, -0.05) is 36.4 Å². The Morgan fingerprint density at radius 3 is 1.88 bits per heavy atom. The number of hydrogen-bond donors (Lipinski definition) is 4. The predicted octanol–water partition coefficient (Wildman–Crippen LogP) is 4.93. The summed E-state index contributed by atoms with van der Waals surface area (Å²) < 4.78 is 63.5. The highest BCUT2D eigenvalue weighted by atomic mass is 31.2. The lowest BCUT2D eigenvalue weighted by Crippen LogP contribution is -2.49. The van der Waals surface area contributed by atoms with Gasteiger partial charge in [-0.15, -0.1) is 0 Å². The second-order valence-corrected chi connectivity index (χ2v) is 10.8. The van der Waals surface area contributed by atoms with Crippen molar-refractivity contribution in [3.05, 3.63) is 84.8 Å². The summed E-state index contributed by atoms with van der Waals surface area (Å²) in [6.07, 6.45) is -2.62. The minimum absolute atomic E-state index is 0.0149. The summed E-state index contributed by atoms with van der Waals surface area (Å²) >= 11 is 0. The van der Waals surface area contributed by atoms with Gasteiger partial charge in [0.25, 0.3) is 5.91 Å². The van der Waals surface area contributed by atoms with E-state index >= 15 is 0 Å². The number of nitrogens with one attached hydrogen (secondary N) is 2. The van der Waals surface area contributed by atoms with Crippen LogP contribution in [0.25, 0.3) is 0 Å². The quantitative estimate of drug-likeness (QED) is 0.160. The van der Waals surface area contributed by atoms with Crippen molar-refractivity contribution in [3.63, 3.8) is 0 Å². The molecule has 11 nitrogen and oxygen atoms in total. The number of furan rings is 1. The molecule has 1 aliphatic rings. The number of carbonyl (C=O) groups excluding carboxylic acids is 1. The number of guanidine groups is 1. The zero-order chi connectivity index (χ0) is 30.0. The number of nitrogens with zero attached hydrogens (tertiary/aromatic N) is 1. The molecule has 3 aromatic rings. The molecule has 1 aliphatic heterocycles. The van der Waals surface area contributed by atoms with Crippen molar-refractivity contribution < 1.29 is 45.9 Å². The molecular formula is C26H28F3N4O7P. The van der Waals surface area contributed by atoms with Gasteiger partial charge in [0, 0.05) is 13.1 Å². The third kappa shape index (κ3) is 9.04. The number of carbonyl (C=O) groups is 2. The van der Waals surface area contributed by atoms with Crippen molar-refractivity contribution in [2.45, 2.75) is 24.8 Å². The number of hydrogen-bond acceptors (Lipinski definition) is 7. The van der Waals surface area contributed by atoms with Crippen LogP contribution in [0.2, 0.25) is 0 Å². The average molecular weight is 596 g/mol. The number of carboxylic acids is 1. The molecule has 1 atom stereocenters. The Balaban J connectivity index is 0.000000587. The van der Waals surface area contributed by atoms with E-state index in [-0.39, 0.29) is 17.6 Å². The van der Waals surface area contributed by atoms with Crippen LogP contribution in [-0.4, -0.2) is 52.9 Å². The van der Waals surface area contributed by atoms with Crippen LogP contribution in [-0.2, 0) is 9.36 Å². The molecular weight excluding hydrogens is 568 g/mol. The largest absolute Gasteiger partial charge is 0.490 e. The topological polar surface area (TPSA) is 168 Å². The fourth-order valence-corrected chi connectivity index (χ4v) is 6.10. The van der Waals surface area contributed by atoms with Gasteiger partial charge in [0.05, 0.1) is 6.26 Å². The Bertz CT molecular complexity index is 1290. The van der Waals surface area contributed by atoms with Gasteiger partial charge in [-0.25, -0.2) is 9.36 Å². The summed E-state index contributed by atoms with van der Waals surface area (Å²) in [5.74, 6) is -3.70. The third-order valence-electron chi connectivity index (χ3n) is 5.89. The van der Waals surface area contributed by atoms with E-state index in [0.29, 0.717) is 37.4 Å². The van der Waals surface area contributed by atoms with Crippen molar-refractivity contribution >= 4 is 25.4 Å². The van der Waals surface area contributed by atoms with E-state index in [1.165, 1.54) is 12.3 Å². The van der Waals surface area contributed by atoms with E-state index in [1.54, 1.807) is 59.5 Å². The van der Waals surface area contributed by atoms with Gasteiger partial charge in [-0.3, -0.25) is 10.2 Å². The van der Waals surface area contributed by atoms with Gasteiger partial charge >= 0.3 is 19.7 Å². The first-order chi connectivity index (χ1) is 19.4. The van der Waals surface area contributed by atoms with Gasteiger partial charge in [-0.05, 0) is 55.2 Å². The Labute approximate surface area is 233 Å². The number of para-hydroxylation sites is 2. The summed E-state index contributed by atoms with van der Waals surface area (Å²) in [7, 11) is -4.02. The number of rotatable bonds is 8. The molecule has 1 unspecified atom stereocenters. The maximum absolute atomic E-state index is 14.5. The van der Waals surface area contributed by atoms with Crippen molar-refractivity contribution in [2.75, 3.05) is 13.1 Å². The number of carboxylic acid groups (broad SMARTS) is 1. The molecule has 4 rings (SSSR count). The molecule has 220 valence electrons. The SMILES string of the molecule is N=C(N)N1CCC(C(NC(=O)c2ccco2)P(=O)(Oc2ccccc2)Oc2ccccc2)CC1.O=C(O)C(F)(F)F. The minimum Gasteiger partial charge on any atom is -0.475 e. The highest BCUT2D eigenvalue weighted by Crippen LogP contribution is 2.55. The van der Waals surface area contributed by atoms with Crippen LogP contribution in [0.15, 0.2) is 83.5 Å². The number of piperidine rings is 1. The fraction of sp³-hybridized carbons (Fsp3) is 0.269. The van der Waals surface area contributed by atoms with Crippen LogP contribution in [0.1, 0.15) is 23.4 Å². The lowest BCUT2D eigenvalue weighted by Gasteiger charge is -2.38. The third-order valence-corrected chi connectivity index (χ3v) is 8.05. The second-order valence-electron chi connectivity index (χ2n) is 8.76. The molecule has 15 heteroatoms. The molecule has 1 aromatic heterocycles. The summed E-state index contributed by atoms with van der Waals surface area (Å²) in [6.45, 7) is 0.980. The van der Waals surface area contributed by atoms with Crippen molar-refractivity contribution in [2.24, 2.45) is 11.7 Å². The molecule has 2 heterocycles. The van der Waals surface area contributed by atoms with E-state index in [0.717, 1.165) is 0 Å². The number of aliphatic carboxylic acids is 1. The molecule has 1 saturated heterocycles. The number of nitrogens with two attached hydrogens (primary N) is 1. The smallest absolute Gasteiger partial charge is 0.475 e. The molecule has 1 amide bonds. The number of likely N-dealkylation sites (tertiary alicyclic amines) is 1. The number of benzene rings is 2. The summed E-state index contributed by atoms with van der Waals surface area (Å²) in [6, 6.07) is 20.6. The van der Waals surface area contributed by atoms with Gasteiger partial charge < -0.3 is 34.5 Å². The van der Waals surface area contributed by atoms with E-state index in [9.17, 15) is 22.5 Å². The van der Waals surface area contributed by atoms with Gasteiger partial charge in [-0.2, -0.15) is 13.2 Å². The first-order valence-corrected chi connectivity index (χ1v) is 13.8. The van der Waals surface area contributed by atoms with E-state index in [1.807, 2.05) is 12.1 Å². The molecule has 5 N–H and O–H groups in total. The Morgan fingerprint density at radius 1 is 1.00 bits per heavy atom. The molecule has 0 aliphatic carbocycles. The van der Waals surface area contributed by atoms with Crippen molar-refractivity contribution in [1.82, 2.24) is 10.2 Å². The standard InChI is InChI=1S/C24H27N4O5P.C2HF3O2/c25-24(26)28-15-13-18(14-16-28)23(27-22(29)21-12-7-17-31-21)34(30,32-19-8-3-1-4-9-19)33-20-10-5-2-6-11-20;3-2(4,5)1(6)7/h1-12,17-18,23H,13-16H2,(H3,25,26)(H,27,29);(H,6,7). The lowest BCUT2D eigenvalue weighted by molar-refractivity contribution is -0.192. The maximum atomic E-state index is 14.5. The molecule has 0 spiro atoms. The fourth-order valence-electron chi connectivity index (χ4n) is 3.91. The first kappa shape index (κ1) is 31.1. The summed E-state index contributed by atoms with van der Waals surface area (Å²) in [5, 5.41) is 17.7. The zero-order valence-electron chi connectivity index (χ0n) is 21.5. The number of halogens is 3. The average Bonchev–Trinajstić information content (AvgIpc) is 3.48. The molecule has 0 radical (unpaired) electrons. The van der Waals surface area contributed by atoms with Crippen LogP contribution in [0.4, 0.5) is 13.2 Å². The summed E-state index contributed by atoms with van der Waals surface area (Å²) in [4.78, 5) is 23.6. The van der Waals surface area contributed by atoms with E-state index < -0.39 is 31.4 Å². The van der Waals surface area contributed by atoms with Gasteiger partial charge in [0.15, 0.2) is 17.5 Å². The van der Waals surface area contributed by atoms with E-state index in [2.05, 4.69) is 5.32 Å². The maximum Gasteiger partial charge on any atom is 0.490 e. The van der Waals surface area contributed by atoms with Crippen LogP contribution < -0.4 is 20.1 Å². The molecule has 2 aromatic carbocycles. The Morgan fingerprint density at radius 2 is 1.49 bits per heavy atom. The van der Waals surface area contributed by atoms with Crippen LogP contribution in [0, 0.1) is 11.3 Å². The zero-order valence-corrected chi connectivity index (χ0v) is 22.4. The van der Waals surface area contributed by atoms with Gasteiger partial charge in [0.2, 0.25) is 0 Å². The van der Waals surface area contributed by atoms with E-state index in [4.69, 9.17) is 34.5 Å². The minimum atomic E-state index is -5.08. The normalized spacial score (nSPS) is 14.7. The lowest BCUT2D eigenvalue weighted by atomic mass is 9.96. The van der Waals surface area contributed by atoms with Crippen molar-refractivity contribution in [3.8, 4) is 11.5 Å². The Kier molecular flexibility index (Phi) is 10.4. The molecule has 0 bridgehead atoms. The summed E-state index contributed by atoms with van der Waals surface area (Å²) in [5.41, 5.74) is 5.65. The molecule has 0 saturated carbocycles. The van der Waals surface area contributed by atoms with Crippen LogP contribution in [0.3, 0.4) is 0 Å². The predicted molar refractivity (Wildman–Crippen MR) is 142 cm³/mol. The van der Waals surface area contributed by atoms with Crippen LogP contribution in [0.5, 0.6) is 11.5 Å². The monoisotopic (exact) mass is 596 g/mol.